The number of carbonyl (C=O) groups is 1. The summed E-state index contributed by atoms with van der Waals surface area (Å²) >= 11 is 0. The van der Waals surface area contributed by atoms with E-state index in [0.717, 1.165) is 0 Å². The van der Waals surface area contributed by atoms with E-state index in [1.54, 1.807) is 17.0 Å². The molecule has 152 valence electrons. The Hall–Kier alpha value is -2.28. The van der Waals surface area contributed by atoms with Crippen molar-refractivity contribution >= 4 is 15.7 Å². The van der Waals surface area contributed by atoms with Crippen LogP contribution in [-0.4, -0.2) is 43.4 Å². The third-order valence-electron chi connectivity index (χ3n) is 4.96. The van der Waals surface area contributed by atoms with E-state index in [9.17, 15) is 13.2 Å². The first kappa shape index (κ1) is 20.5. The van der Waals surface area contributed by atoms with Gasteiger partial charge in [-0.25, -0.2) is 8.42 Å². The predicted octanol–water partition coefficient (Wildman–Crippen LogP) is 3.17. The van der Waals surface area contributed by atoms with Crippen LogP contribution in [0, 0.1) is 0 Å². The average molecular weight is 406 g/mol. The molecule has 0 bridgehead atoms. The van der Waals surface area contributed by atoms with E-state index in [1.807, 2.05) is 24.3 Å². The zero-order valence-electron chi connectivity index (χ0n) is 16.6. The molecule has 2 heterocycles. The maximum atomic E-state index is 12.8. The van der Waals surface area contributed by atoms with Crippen molar-refractivity contribution in [3.05, 3.63) is 54.0 Å². The summed E-state index contributed by atoms with van der Waals surface area (Å²) in [5.74, 6) is 1.07. The first-order valence-corrected chi connectivity index (χ1v) is 11.2. The monoisotopic (exact) mass is 405 g/mol. The lowest BCUT2D eigenvalue weighted by atomic mass is 9.87. The van der Waals surface area contributed by atoms with Crippen molar-refractivity contribution in [2.45, 2.75) is 45.2 Å². The Labute approximate surface area is 166 Å². The van der Waals surface area contributed by atoms with E-state index in [1.165, 1.54) is 11.8 Å². The number of benzene rings is 1. The number of furan rings is 1. The molecule has 1 fully saturated rings. The van der Waals surface area contributed by atoms with Crippen molar-refractivity contribution in [1.82, 2.24) is 4.90 Å². The molecule has 1 saturated heterocycles. The summed E-state index contributed by atoms with van der Waals surface area (Å²) in [4.78, 5) is 14.4. The fraction of sp³-hybridized carbons (Fsp3) is 0.476. The van der Waals surface area contributed by atoms with Crippen LogP contribution in [0.4, 0.5) is 0 Å². The minimum absolute atomic E-state index is 0.0142. The quantitative estimate of drug-likeness (QED) is 0.738. The molecule has 1 aliphatic rings. The standard InChI is InChI=1S/C21H27NO5S/c1-21(2,3)16-6-8-18(9-7-16)27-14-20(23)22(13-19-5-4-11-26-19)17-10-12-28(24,25)15-17/h4-9,11,17H,10,12-15H2,1-3H3/t17-/m0/s1. The lowest BCUT2D eigenvalue weighted by molar-refractivity contribution is -0.136. The van der Waals surface area contributed by atoms with Crippen molar-refractivity contribution in [3.8, 4) is 5.75 Å². The van der Waals surface area contributed by atoms with Gasteiger partial charge in [-0.05, 0) is 41.7 Å². The molecule has 0 spiro atoms. The number of ether oxygens (including phenoxy) is 1. The minimum atomic E-state index is -3.10. The van der Waals surface area contributed by atoms with Crippen molar-refractivity contribution in [2.75, 3.05) is 18.1 Å². The predicted molar refractivity (Wildman–Crippen MR) is 107 cm³/mol. The summed E-state index contributed by atoms with van der Waals surface area (Å²) < 4.78 is 34.8. The van der Waals surface area contributed by atoms with Gasteiger partial charge in [0.05, 0.1) is 24.3 Å². The third-order valence-corrected chi connectivity index (χ3v) is 6.71. The second-order valence-electron chi connectivity index (χ2n) is 8.22. The van der Waals surface area contributed by atoms with E-state index in [0.29, 0.717) is 17.9 Å². The summed E-state index contributed by atoms with van der Waals surface area (Å²) in [6.07, 6.45) is 1.98. The Morgan fingerprint density at radius 3 is 2.46 bits per heavy atom. The van der Waals surface area contributed by atoms with Crippen LogP contribution in [0.1, 0.15) is 38.5 Å². The summed E-state index contributed by atoms with van der Waals surface area (Å²) in [7, 11) is -3.10. The normalized spacial score (nSPS) is 18.8. The molecule has 1 amide bonds. The highest BCUT2D eigenvalue weighted by atomic mass is 32.2. The molecule has 28 heavy (non-hydrogen) atoms. The number of sulfone groups is 1. The molecular weight excluding hydrogens is 378 g/mol. The second-order valence-corrected chi connectivity index (χ2v) is 10.4. The van der Waals surface area contributed by atoms with Crippen molar-refractivity contribution in [2.24, 2.45) is 0 Å². The first-order chi connectivity index (χ1) is 13.1. The van der Waals surface area contributed by atoms with Crippen LogP contribution in [-0.2, 0) is 26.6 Å². The van der Waals surface area contributed by atoms with E-state index in [2.05, 4.69) is 20.8 Å². The molecule has 0 N–H and O–H groups in total. The highest BCUT2D eigenvalue weighted by Crippen LogP contribution is 2.25. The van der Waals surface area contributed by atoms with Gasteiger partial charge in [0.2, 0.25) is 0 Å². The largest absolute Gasteiger partial charge is 0.484 e. The van der Waals surface area contributed by atoms with Crippen LogP contribution < -0.4 is 4.74 Å². The molecule has 0 radical (unpaired) electrons. The number of hydrogen-bond acceptors (Lipinski definition) is 5. The molecule has 2 aromatic rings. The van der Waals surface area contributed by atoms with E-state index in [4.69, 9.17) is 9.15 Å². The first-order valence-electron chi connectivity index (χ1n) is 9.40. The highest BCUT2D eigenvalue weighted by molar-refractivity contribution is 7.91. The van der Waals surface area contributed by atoms with Gasteiger partial charge in [-0.2, -0.15) is 0 Å². The van der Waals surface area contributed by atoms with Gasteiger partial charge in [0.25, 0.3) is 5.91 Å². The number of nitrogens with zero attached hydrogens (tertiary/aromatic N) is 1. The van der Waals surface area contributed by atoms with Gasteiger partial charge < -0.3 is 14.1 Å². The minimum Gasteiger partial charge on any atom is -0.484 e. The maximum Gasteiger partial charge on any atom is 0.261 e. The fourth-order valence-electron chi connectivity index (χ4n) is 3.29. The number of amides is 1. The summed E-state index contributed by atoms with van der Waals surface area (Å²) in [6.45, 7) is 6.49. The number of rotatable bonds is 6. The zero-order chi connectivity index (χ0) is 20.4. The van der Waals surface area contributed by atoms with Gasteiger partial charge in [0, 0.05) is 6.04 Å². The van der Waals surface area contributed by atoms with Crippen molar-refractivity contribution in [1.29, 1.82) is 0 Å². The summed E-state index contributed by atoms with van der Waals surface area (Å²) in [5, 5.41) is 0. The van der Waals surface area contributed by atoms with E-state index >= 15 is 0 Å². The van der Waals surface area contributed by atoms with E-state index in [-0.39, 0.29) is 42.0 Å². The molecular formula is C21H27NO5S. The van der Waals surface area contributed by atoms with Crippen LogP contribution in [0.3, 0.4) is 0 Å². The van der Waals surface area contributed by atoms with Gasteiger partial charge in [-0.15, -0.1) is 0 Å². The third kappa shape index (κ3) is 5.16. The number of carbonyl (C=O) groups excluding carboxylic acids is 1. The highest BCUT2D eigenvalue weighted by Gasteiger charge is 2.35. The molecule has 1 aromatic heterocycles. The molecule has 0 unspecified atom stereocenters. The van der Waals surface area contributed by atoms with Crippen LogP contribution in [0.5, 0.6) is 5.75 Å². The van der Waals surface area contributed by atoms with Crippen molar-refractivity contribution in [3.63, 3.8) is 0 Å². The molecule has 0 saturated carbocycles. The topological polar surface area (TPSA) is 76.8 Å². The Kier molecular flexibility index (Phi) is 5.84. The molecule has 7 heteroatoms. The van der Waals surface area contributed by atoms with Crippen molar-refractivity contribution < 1.29 is 22.4 Å². The number of hydrogen-bond donors (Lipinski definition) is 0. The van der Waals surface area contributed by atoms with Crippen LogP contribution >= 0.6 is 0 Å². The van der Waals surface area contributed by atoms with Crippen LogP contribution in [0.15, 0.2) is 47.1 Å². The molecule has 0 aliphatic carbocycles. The molecule has 3 rings (SSSR count). The van der Waals surface area contributed by atoms with Gasteiger partial charge in [-0.1, -0.05) is 32.9 Å². The fourth-order valence-corrected chi connectivity index (χ4v) is 5.02. The van der Waals surface area contributed by atoms with Gasteiger partial charge in [0.1, 0.15) is 11.5 Å². The lowest BCUT2D eigenvalue weighted by Gasteiger charge is -2.27. The Bertz CT molecular complexity index is 895. The Morgan fingerprint density at radius 2 is 1.93 bits per heavy atom. The SMILES string of the molecule is CC(C)(C)c1ccc(OCC(=O)N(Cc2ccco2)[C@H]2CCS(=O)(=O)C2)cc1. The van der Waals surface area contributed by atoms with Gasteiger partial charge in [-0.3, -0.25) is 4.79 Å². The maximum absolute atomic E-state index is 12.8. The second kappa shape index (κ2) is 7.99. The smallest absolute Gasteiger partial charge is 0.261 e. The summed E-state index contributed by atoms with van der Waals surface area (Å²) in [6, 6.07) is 10.9. The van der Waals surface area contributed by atoms with Crippen LogP contribution in [0.25, 0.3) is 0 Å². The molecule has 1 aromatic carbocycles. The lowest BCUT2D eigenvalue weighted by Crippen LogP contribution is -2.43. The van der Waals surface area contributed by atoms with Gasteiger partial charge >= 0.3 is 0 Å². The van der Waals surface area contributed by atoms with E-state index < -0.39 is 9.84 Å². The van der Waals surface area contributed by atoms with Crippen LogP contribution in [0.2, 0.25) is 0 Å². The zero-order valence-corrected chi connectivity index (χ0v) is 17.4. The Morgan fingerprint density at radius 1 is 1.21 bits per heavy atom. The summed E-state index contributed by atoms with van der Waals surface area (Å²) in [5.41, 5.74) is 1.23. The molecule has 6 nitrogen and oxygen atoms in total. The molecule has 1 aliphatic heterocycles. The average Bonchev–Trinajstić information content (AvgIpc) is 3.26. The Balaban J connectivity index is 1.67. The molecule has 1 atom stereocenters. The van der Waals surface area contributed by atoms with Gasteiger partial charge in [0.15, 0.2) is 16.4 Å².